The number of hydrogen-bond donors (Lipinski definition) is 0. The highest BCUT2D eigenvalue weighted by atomic mass is 19.4. The second kappa shape index (κ2) is 7.30. The van der Waals surface area contributed by atoms with Crippen molar-refractivity contribution < 1.29 is 18.0 Å². The van der Waals surface area contributed by atoms with Crippen LogP contribution in [-0.2, 0) is 23.9 Å². The lowest BCUT2D eigenvalue weighted by Crippen LogP contribution is -2.25. The van der Waals surface area contributed by atoms with Crippen molar-refractivity contribution in [2.45, 2.75) is 33.0 Å². The van der Waals surface area contributed by atoms with Crippen molar-refractivity contribution >= 4 is 16.8 Å². The number of alkyl halides is 3. The van der Waals surface area contributed by atoms with Crippen LogP contribution < -0.4 is 0 Å². The van der Waals surface area contributed by atoms with Crippen molar-refractivity contribution in [3.63, 3.8) is 0 Å². The smallest absolute Gasteiger partial charge is 0.347 e. The lowest BCUT2D eigenvalue weighted by Gasteiger charge is -2.15. The van der Waals surface area contributed by atoms with E-state index in [1.54, 1.807) is 34.1 Å². The highest BCUT2D eigenvalue weighted by Gasteiger charge is 2.31. The summed E-state index contributed by atoms with van der Waals surface area (Å²) in [6.45, 7) is 3.61. The largest absolute Gasteiger partial charge is 0.416 e. The lowest BCUT2D eigenvalue weighted by molar-refractivity contribution is -0.137. The Balaban J connectivity index is 1.98. The Labute approximate surface area is 161 Å². The van der Waals surface area contributed by atoms with Crippen molar-refractivity contribution in [2.24, 2.45) is 0 Å². The average molecular weight is 389 g/mol. The average Bonchev–Trinajstić information content (AvgIpc) is 3.00. The van der Waals surface area contributed by atoms with E-state index < -0.39 is 11.7 Å². The fourth-order valence-corrected chi connectivity index (χ4v) is 3.35. The van der Waals surface area contributed by atoms with Crippen LogP contribution in [0, 0.1) is 13.8 Å². The summed E-state index contributed by atoms with van der Waals surface area (Å²) in [5.74, 6) is -0.0229. The van der Waals surface area contributed by atoms with Crippen molar-refractivity contribution in [3.05, 3.63) is 64.6 Å². The number of amides is 1. The highest BCUT2D eigenvalue weighted by molar-refractivity contribution is 5.85. The summed E-state index contributed by atoms with van der Waals surface area (Å²) in [6.07, 6.45) is -0.423. The molecule has 0 aliphatic carbocycles. The summed E-state index contributed by atoms with van der Waals surface area (Å²) in [4.78, 5) is 18.0. The number of aryl methyl sites for hydroxylation is 2. The molecule has 3 aromatic rings. The van der Waals surface area contributed by atoms with Crippen LogP contribution in [0.1, 0.15) is 27.9 Å². The number of fused-ring (bicyclic) bond motifs is 1. The molecule has 0 saturated heterocycles. The zero-order chi connectivity index (χ0) is 20.6. The molecule has 0 radical (unpaired) electrons. The summed E-state index contributed by atoms with van der Waals surface area (Å²) >= 11 is 0. The van der Waals surface area contributed by atoms with Crippen LogP contribution in [0.4, 0.5) is 13.2 Å². The minimum absolute atomic E-state index is 0.0229. The zero-order valence-electron chi connectivity index (χ0n) is 16.3. The van der Waals surface area contributed by atoms with Crippen LogP contribution >= 0.6 is 0 Å². The first-order chi connectivity index (χ1) is 13.1. The molecule has 0 aliphatic rings. The molecular formula is C21H22F3N3O. The Morgan fingerprint density at radius 1 is 1.14 bits per heavy atom. The second-order valence-electron chi connectivity index (χ2n) is 7.19. The summed E-state index contributed by atoms with van der Waals surface area (Å²) in [6, 6.07) is 6.11. The van der Waals surface area contributed by atoms with E-state index in [0.29, 0.717) is 17.5 Å². The molecule has 1 amide bonds. The van der Waals surface area contributed by atoms with Gasteiger partial charge in [-0.15, -0.1) is 0 Å². The number of hydrogen-bond acceptors (Lipinski definition) is 2. The molecule has 0 fully saturated rings. The molecule has 0 saturated carbocycles. The van der Waals surface area contributed by atoms with E-state index in [9.17, 15) is 18.0 Å². The predicted octanol–water partition coefficient (Wildman–Crippen LogP) is 4.35. The van der Waals surface area contributed by atoms with Crippen molar-refractivity contribution in [1.82, 2.24) is 14.5 Å². The number of rotatable bonds is 4. The first-order valence-electron chi connectivity index (χ1n) is 8.88. The topological polar surface area (TPSA) is 38.1 Å². The predicted molar refractivity (Wildman–Crippen MR) is 102 cm³/mol. The van der Waals surface area contributed by atoms with Gasteiger partial charge in [0, 0.05) is 38.3 Å². The summed E-state index contributed by atoms with van der Waals surface area (Å²) in [7, 11) is 3.41. The van der Waals surface area contributed by atoms with Crippen molar-refractivity contribution in [2.75, 3.05) is 14.1 Å². The molecule has 148 valence electrons. The summed E-state index contributed by atoms with van der Waals surface area (Å²) < 4.78 is 41.0. The number of carbonyl (C=O) groups excluding carboxylic acids is 1. The van der Waals surface area contributed by atoms with Crippen LogP contribution in [0.3, 0.4) is 0 Å². The van der Waals surface area contributed by atoms with E-state index in [4.69, 9.17) is 0 Å². The van der Waals surface area contributed by atoms with Gasteiger partial charge in [0.1, 0.15) is 6.54 Å². The highest BCUT2D eigenvalue weighted by Crippen LogP contribution is 2.33. The summed E-state index contributed by atoms with van der Waals surface area (Å²) in [5, 5.41) is 0.896. The quantitative estimate of drug-likeness (QED) is 0.665. The molecule has 0 atom stereocenters. The first-order valence-corrected chi connectivity index (χ1v) is 8.88. The van der Waals surface area contributed by atoms with Gasteiger partial charge < -0.3 is 9.47 Å². The fraction of sp³-hybridized carbons (Fsp3) is 0.333. The van der Waals surface area contributed by atoms with Crippen LogP contribution in [0.2, 0.25) is 0 Å². The van der Waals surface area contributed by atoms with Gasteiger partial charge in [0.25, 0.3) is 0 Å². The SMILES string of the molecule is Cc1cc(C(F)(F)F)cc(C)c1Cc1nccc2c1ccn2CC(=O)N(C)C. The molecular weight excluding hydrogens is 367 g/mol. The second-order valence-corrected chi connectivity index (χ2v) is 7.19. The standard InChI is InChI=1S/C21H22F3N3O/c1-13-9-15(21(22,23)24)10-14(2)17(13)11-18-16-6-8-27(12-20(28)26(3)4)19(16)5-7-25-18/h5-10H,11-12H2,1-4H3. The number of benzene rings is 1. The van der Waals surface area contributed by atoms with Gasteiger partial charge in [0.05, 0.1) is 16.8 Å². The van der Waals surface area contributed by atoms with Gasteiger partial charge in [0.2, 0.25) is 5.91 Å². The van der Waals surface area contributed by atoms with Crippen LogP contribution in [0.5, 0.6) is 0 Å². The maximum atomic E-state index is 13.0. The molecule has 28 heavy (non-hydrogen) atoms. The number of aromatic nitrogens is 2. The van der Waals surface area contributed by atoms with Gasteiger partial charge in [-0.2, -0.15) is 13.2 Å². The van der Waals surface area contributed by atoms with Crippen LogP contribution in [0.25, 0.3) is 10.9 Å². The van der Waals surface area contributed by atoms with Gasteiger partial charge in [0.15, 0.2) is 0 Å². The molecule has 3 rings (SSSR count). The third kappa shape index (κ3) is 3.88. The third-order valence-electron chi connectivity index (χ3n) is 4.95. The molecule has 0 spiro atoms. The molecule has 1 aromatic carbocycles. The van der Waals surface area contributed by atoms with Crippen molar-refractivity contribution in [1.29, 1.82) is 0 Å². The number of pyridine rings is 1. The molecule has 7 heteroatoms. The van der Waals surface area contributed by atoms with Gasteiger partial charge >= 0.3 is 6.18 Å². The Morgan fingerprint density at radius 3 is 2.36 bits per heavy atom. The Bertz CT molecular complexity index is 1010. The Morgan fingerprint density at radius 2 is 1.79 bits per heavy atom. The Kier molecular flexibility index (Phi) is 5.19. The minimum atomic E-state index is -4.36. The van der Waals surface area contributed by atoms with E-state index in [1.807, 2.05) is 22.9 Å². The molecule has 2 heterocycles. The molecule has 2 aromatic heterocycles. The first kappa shape index (κ1) is 19.9. The van der Waals surface area contributed by atoms with Crippen molar-refractivity contribution in [3.8, 4) is 0 Å². The van der Waals surface area contributed by atoms with Crippen LogP contribution in [-0.4, -0.2) is 34.5 Å². The van der Waals surface area contributed by atoms with E-state index in [2.05, 4.69) is 4.98 Å². The molecule has 0 unspecified atom stereocenters. The number of nitrogens with zero attached hydrogens (tertiary/aromatic N) is 3. The molecule has 0 aliphatic heterocycles. The van der Waals surface area contributed by atoms with E-state index in [1.165, 1.54) is 17.0 Å². The van der Waals surface area contributed by atoms with Gasteiger partial charge in [-0.05, 0) is 54.8 Å². The minimum Gasteiger partial charge on any atom is -0.347 e. The lowest BCUT2D eigenvalue weighted by atomic mass is 9.94. The van der Waals surface area contributed by atoms with E-state index in [-0.39, 0.29) is 12.5 Å². The molecule has 0 bridgehead atoms. The van der Waals surface area contributed by atoms with Gasteiger partial charge in [-0.1, -0.05) is 0 Å². The van der Waals surface area contributed by atoms with Crippen LogP contribution in [0.15, 0.2) is 36.7 Å². The third-order valence-corrected chi connectivity index (χ3v) is 4.95. The van der Waals surface area contributed by atoms with Gasteiger partial charge in [-0.25, -0.2) is 0 Å². The zero-order valence-corrected chi connectivity index (χ0v) is 16.3. The summed E-state index contributed by atoms with van der Waals surface area (Å²) in [5.41, 5.74) is 3.04. The number of likely N-dealkylation sites (N-methyl/N-ethyl adjacent to an activating group) is 1. The monoisotopic (exact) mass is 389 g/mol. The fourth-order valence-electron chi connectivity index (χ4n) is 3.35. The van der Waals surface area contributed by atoms with E-state index in [0.717, 1.165) is 22.2 Å². The maximum absolute atomic E-state index is 13.0. The van der Waals surface area contributed by atoms with Gasteiger partial charge in [-0.3, -0.25) is 9.78 Å². The molecule has 4 nitrogen and oxygen atoms in total. The molecule has 0 N–H and O–H groups in total. The Hall–Kier alpha value is -2.83. The number of halogens is 3. The normalized spacial score (nSPS) is 11.8. The maximum Gasteiger partial charge on any atom is 0.416 e. The van der Waals surface area contributed by atoms with E-state index >= 15 is 0 Å². The number of carbonyl (C=O) groups is 1.